The summed E-state index contributed by atoms with van der Waals surface area (Å²) in [7, 11) is 0. The second kappa shape index (κ2) is 11.3. The van der Waals surface area contributed by atoms with Crippen molar-refractivity contribution in [2.45, 2.75) is 73.4 Å². The highest BCUT2D eigenvalue weighted by atomic mass is 16.4. The Morgan fingerprint density at radius 2 is 1.71 bits per heavy atom. The van der Waals surface area contributed by atoms with Gasteiger partial charge in [0.15, 0.2) is 0 Å². The van der Waals surface area contributed by atoms with Crippen LogP contribution in [0.5, 0.6) is 0 Å². The van der Waals surface area contributed by atoms with Crippen LogP contribution in [-0.4, -0.2) is 45.0 Å². The Balaban J connectivity index is 2.84. The Bertz CT molecular complexity index is 1090. The number of hydrogen-bond donors (Lipinski definition) is 3. The first-order valence-electron chi connectivity index (χ1n) is 11.9. The first-order chi connectivity index (χ1) is 16.2. The fourth-order valence-corrected chi connectivity index (χ4v) is 3.98. The van der Waals surface area contributed by atoms with Gasteiger partial charge < -0.3 is 16.2 Å². The number of aromatic nitrogens is 1. The summed E-state index contributed by atoms with van der Waals surface area (Å²) >= 11 is 0. The molecule has 0 saturated carbocycles. The van der Waals surface area contributed by atoms with E-state index in [0.717, 1.165) is 16.8 Å². The molecule has 0 saturated heterocycles. The van der Waals surface area contributed by atoms with Gasteiger partial charge in [-0.1, -0.05) is 43.7 Å². The van der Waals surface area contributed by atoms with Crippen molar-refractivity contribution in [3.8, 4) is 11.1 Å². The smallest absolute Gasteiger partial charge is 0.408 e. The lowest BCUT2D eigenvalue weighted by Crippen LogP contribution is -2.44. The molecule has 2 rings (SSSR count). The second-order valence-corrected chi connectivity index (χ2v) is 10.3. The van der Waals surface area contributed by atoms with Crippen LogP contribution in [0.2, 0.25) is 0 Å². The van der Waals surface area contributed by atoms with Crippen LogP contribution < -0.4 is 11.1 Å². The number of nitrogens with one attached hydrogen (secondary N) is 1. The van der Waals surface area contributed by atoms with Crippen LogP contribution in [0.25, 0.3) is 11.1 Å². The average molecular weight is 483 g/mol. The fraction of sp³-hybridized carbons (Fsp3) is 0.481. The Kier molecular flexibility index (Phi) is 9.01. The van der Waals surface area contributed by atoms with Crippen LogP contribution >= 0.6 is 0 Å². The minimum Gasteiger partial charge on any atom is -0.465 e. The maximum atomic E-state index is 13.4. The molecule has 0 aliphatic carbocycles. The number of amides is 3. The van der Waals surface area contributed by atoms with Gasteiger partial charge in [-0.2, -0.15) is 0 Å². The van der Waals surface area contributed by atoms with Crippen molar-refractivity contribution in [3.63, 3.8) is 0 Å². The summed E-state index contributed by atoms with van der Waals surface area (Å²) in [5, 5.41) is 12.8. The number of hydrogen-bond acceptors (Lipinski definition) is 4. The topological polar surface area (TPSA) is 126 Å². The lowest BCUT2D eigenvalue weighted by molar-refractivity contribution is -0.117. The molecule has 0 aliphatic heterocycles. The maximum Gasteiger partial charge on any atom is 0.408 e. The number of carbonyl (C=O) groups excluding carboxylic acids is 2. The van der Waals surface area contributed by atoms with Crippen molar-refractivity contribution in [2.75, 3.05) is 6.54 Å². The Labute approximate surface area is 207 Å². The van der Waals surface area contributed by atoms with Gasteiger partial charge in [-0.05, 0) is 52.5 Å². The van der Waals surface area contributed by atoms with Crippen molar-refractivity contribution in [2.24, 2.45) is 11.7 Å². The molecular weight excluding hydrogens is 444 g/mol. The number of benzene rings is 1. The fourth-order valence-electron chi connectivity index (χ4n) is 3.98. The van der Waals surface area contributed by atoms with E-state index in [1.165, 1.54) is 4.90 Å². The quantitative estimate of drug-likeness (QED) is 0.487. The van der Waals surface area contributed by atoms with Gasteiger partial charge in [0.25, 0.3) is 5.91 Å². The Morgan fingerprint density at radius 1 is 1.11 bits per heavy atom. The molecule has 1 heterocycles. The van der Waals surface area contributed by atoms with Crippen molar-refractivity contribution < 1.29 is 19.5 Å². The van der Waals surface area contributed by atoms with Gasteiger partial charge in [0.1, 0.15) is 0 Å². The number of carboxylic acid groups (broad SMARTS) is 1. The molecule has 0 unspecified atom stereocenters. The van der Waals surface area contributed by atoms with E-state index in [4.69, 9.17) is 10.7 Å². The zero-order chi connectivity index (χ0) is 26.5. The van der Waals surface area contributed by atoms with E-state index in [9.17, 15) is 19.5 Å². The van der Waals surface area contributed by atoms with Crippen LogP contribution in [0.4, 0.5) is 4.79 Å². The number of aryl methyl sites for hydroxylation is 2. The zero-order valence-electron chi connectivity index (χ0n) is 21.9. The minimum atomic E-state index is -1.05. The monoisotopic (exact) mass is 482 g/mol. The molecule has 35 heavy (non-hydrogen) atoms. The first-order valence-corrected chi connectivity index (χ1v) is 11.9. The summed E-state index contributed by atoms with van der Waals surface area (Å²) in [6, 6.07) is 7.80. The SMILES string of the molecule is Cc1ccc(-c2c(CN(C(=O)O)C(C)(C)C)c(CC(C)C)nc(C)c2C(=O)NCCC(N)=O)cc1. The van der Waals surface area contributed by atoms with E-state index in [0.29, 0.717) is 28.8 Å². The molecule has 2 aromatic rings. The summed E-state index contributed by atoms with van der Waals surface area (Å²) in [5.74, 6) is -0.606. The lowest BCUT2D eigenvalue weighted by Gasteiger charge is -2.35. The summed E-state index contributed by atoms with van der Waals surface area (Å²) in [4.78, 5) is 43.0. The third kappa shape index (κ3) is 7.28. The molecule has 0 spiro atoms. The third-order valence-corrected chi connectivity index (χ3v) is 5.75. The van der Waals surface area contributed by atoms with Crippen LogP contribution in [-0.2, 0) is 17.8 Å². The molecular formula is C27H38N4O4. The van der Waals surface area contributed by atoms with E-state index >= 15 is 0 Å². The average Bonchev–Trinajstić information content (AvgIpc) is 2.71. The number of pyridine rings is 1. The molecule has 3 amide bonds. The van der Waals surface area contributed by atoms with Crippen molar-refractivity contribution in [1.29, 1.82) is 0 Å². The molecule has 1 aromatic carbocycles. The van der Waals surface area contributed by atoms with E-state index < -0.39 is 17.5 Å². The lowest BCUT2D eigenvalue weighted by atomic mass is 9.88. The van der Waals surface area contributed by atoms with Gasteiger partial charge in [-0.15, -0.1) is 0 Å². The third-order valence-electron chi connectivity index (χ3n) is 5.75. The molecule has 0 bridgehead atoms. The molecule has 1 aromatic heterocycles. The molecule has 190 valence electrons. The van der Waals surface area contributed by atoms with Gasteiger partial charge in [0, 0.05) is 35.3 Å². The normalized spacial score (nSPS) is 11.4. The highest BCUT2D eigenvalue weighted by Crippen LogP contribution is 2.35. The molecule has 0 radical (unpaired) electrons. The van der Waals surface area contributed by atoms with E-state index in [2.05, 4.69) is 19.2 Å². The molecule has 4 N–H and O–H groups in total. The van der Waals surface area contributed by atoms with Crippen molar-refractivity contribution >= 4 is 17.9 Å². The largest absolute Gasteiger partial charge is 0.465 e. The summed E-state index contributed by atoms with van der Waals surface area (Å²) in [6.45, 7) is 13.6. The highest BCUT2D eigenvalue weighted by molar-refractivity contribution is 6.03. The highest BCUT2D eigenvalue weighted by Gasteiger charge is 2.31. The predicted molar refractivity (Wildman–Crippen MR) is 137 cm³/mol. The number of rotatable bonds is 9. The molecule has 8 nitrogen and oxygen atoms in total. The second-order valence-electron chi connectivity index (χ2n) is 10.3. The first kappa shape index (κ1) is 27.8. The minimum absolute atomic E-state index is 0.0210. The Morgan fingerprint density at radius 3 is 2.20 bits per heavy atom. The van der Waals surface area contributed by atoms with Crippen LogP contribution in [0, 0.1) is 19.8 Å². The number of carbonyl (C=O) groups is 3. The molecule has 0 atom stereocenters. The molecule has 0 aliphatic rings. The van der Waals surface area contributed by atoms with Crippen LogP contribution in [0.3, 0.4) is 0 Å². The summed E-state index contributed by atoms with van der Waals surface area (Å²) < 4.78 is 0. The number of nitrogens with two attached hydrogens (primary N) is 1. The predicted octanol–water partition coefficient (Wildman–Crippen LogP) is 4.45. The Hall–Kier alpha value is -3.42. The zero-order valence-corrected chi connectivity index (χ0v) is 21.9. The van der Waals surface area contributed by atoms with Gasteiger partial charge in [0.05, 0.1) is 17.8 Å². The van der Waals surface area contributed by atoms with Gasteiger partial charge in [0.2, 0.25) is 5.91 Å². The standard InChI is InChI=1S/C27H38N4O4/c1-16(2)14-21-20(15-31(26(34)35)27(5,6)7)24(19-10-8-17(3)9-11-19)23(18(4)30-21)25(33)29-13-12-22(28)32/h8-11,16H,12-15H2,1-7H3,(H2,28,32)(H,29,33)(H,34,35). The summed E-state index contributed by atoms with van der Waals surface area (Å²) in [6.07, 6.45) is -0.389. The van der Waals surface area contributed by atoms with Crippen LogP contribution in [0.15, 0.2) is 24.3 Å². The van der Waals surface area contributed by atoms with E-state index in [1.807, 2.05) is 52.0 Å². The maximum absolute atomic E-state index is 13.4. The number of primary amides is 1. The summed E-state index contributed by atoms with van der Waals surface area (Å²) in [5.41, 5.74) is 9.52. The van der Waals surface area contributed by atoms with Crippen LogP contribution in [0.1, 0.15) is 73.9 Å². The molecule has 8 heteroatoms. The van der Waals surface area contributed by atoms with Gasteiger partial charge >= 0.3 is 6.09 Å². The van der Waals surface area contributed by atoms with Crippen molar-refractivity contribution in [3.05, 3.63) is 52.3 Å². The van der Waals surface area contributed by atoms with E-state index in [1.54, 1.807) is 6.92 Å². The number of nitrogens with zero attached hydrogens (tertiary/aromatic N) is 2. The molecule has 0 fully saturated rings. The van der Waals surface area contributed by atoms with Crippen molar-refractivity contribution in [1.82, 2.24) is 15.2 Å². The van der Waals surface area contributed by atoms with Gasteiger partial charge in [-0.3, -0.25) is 19.5 Å². The van der Waals surface area contributed by atoms with E-state index in [-0.39, 0.29) is 31.3 Å². The van der Waals surface area contributed by atoms with Gasteiger partial charge in [-0.25, -0.2) is 4.79 Å².